The molecule has 0 aliphatic rings. The van der Waals surface area contributed by atoms with Crippen LogP contribution in [0.1, 0.15) is 15.9 Å². The van der Waals surface area contributed by atoms with Gasteiger partial charge in [-0.15, -0.1) is 0 Å². The molecule has 0 aromatic heterocycles. The standard InChI is InChI=1S/C22H18N4O3/c27-20(24-17-11-5-2-6-12-17)18-13-7-8-14-19(18)25-21(28)22(29)26-23-15-16-9-3-1-4-10-16/h1-15H,(H,24,27)(H,25,28)(H,26,29). The van der Waals surface area contributed by atoms with Crippen molar-refractivity contribution in [1.29, 1.82) is 0 Å². The van der Waals surface area contributed by atoms with Crippen molar-refractivity contribution in [3.8, 4) is 0 Å². The topological polar surface area (TPSA) is 99.7 Å². The van der Waals surface area contributed by atoms with E-state index in [-0.39, 0.29) is 11.3 Å². The van der Waals surface area contributed by atoms with Crippen molar-refractivity contribution in [2.24, 2.45) is 5.10 Å². The summed E-state index contributed by atoms with van der Waals surface area (Å²) in [5, 5.41) is 8.93. The fraction of sp³-hybridized carbons (Fsp3) is 0. The van der Waals surface area contributed by atoms with Crippen molar-refractivity contribution < 1.29 is 14.4 Å². The SMILES string of the molecule is O=C(NN=Cc1ccccc1)C(=O)Nc1ccccc1C(=O)Nc1ccccc1. The first-order valence-electron chi connectivity index (χ1n) is 8.78. The van der Waals surface area contributed by atoms with Crippen molar-refractivity contribution in [2.75, 3.05) is 10.6 Å². The summed E-state index contributed by atoms with van der Waals surface area (Å²) < 4.78 is 0. The molecular weight excluding hydrogens is 368 g/mol. The lowest BCUT2D eigenvalue weighted by Gasteiger charge is -2.11. The molecule has 7 heteroatoms. The third kappa shape index (κ3) is 5.61. The molecule has 3 aromatic carbocycles. The van der Waals surface area contributed by atoms with E-state index in [1.807, 2.05) is 24.3 Å². The van der Waals surface area contributed by atoms with Gasteiger partial charge in [-0.05, 0) is 29.8 Å². The van der Waals surface area contributed by atoms with Crippen molar-refractivity contribution in [1.82, 2.24) is 5.43 Å². The molecule has 3 amide bonds. The number of hydrazone groups is 1. The highest BCUT2D eigenvalue weighted by atomic mass is 16.2. The van der Waals surface area contributed by atoms with E-state index in [0.29, 0.717) is 5.69 Å². The van der Waals surface area contributed by atoms with E-state index in [4.69, 9.17) is 0 Å². The summed E-state index contributed by atoms with van der Waals surface area (Å²) in [5.41, 5.74) is 3.99. The molecule has 3 rings (SSSR count). The van der Waals surface area contributed by atoms with Crippen LogP contribution < -0.4 is 16.1 Å². The molecule has 0 aliphatic heterocycles. The van der Waals surface area contributed by atoms with Gasteiger partial charge in [-0.3, -0.25) is 14.4 Å². The monoisotopic (exact) mass is 386 g/mol. The smallest absolute Gasteiger partial charge is 0.322 e. The van der Waals surface area contributed by atoms with Crippen molar-refractivity contribution in [3.05, 3.63) is 96.1 Å². The highest BCUT2D eigenvalue weighted by Crippen LogP contribution is 2.17. The van der Waals surface area contributed by atoms with E-state index in [1.165, 1.54) is 6.21 Å². The van der Waals surface area contributed by atoms with E-state index in [9.17, 15) is 14.4 Å². The molecule has 3 aromatic rings. The largest absolute Gasteiger partial charge is 0.329 e. The quantitative estimate of drug-likeness (QED) is 0.357. The molecular formula is C22H18N4O3. The average molecular weight is 386 g/mol. The van der Waals surface area contributed by atoms with Crippen LogP contribution in [0.2, 0.25) is 0 Å². The molecule has 29 heavy (non-hydrogen) atoms. The summed E-state index contributed by atoms with van der Waals surface area (Å²) in [6, 6.07) is 24.5. The molecule has 0 bridgehead atoms. The number of rotatable bonds is 5. The second kappa shape index (κ2) is 9.61. The minimum absolute atomic E-state index is 0.216. The number of carbonyl (C=O) groups excluding carboxylic acids is 3. The van der Waals surface area contributed by atoms with Gasteiger partial charge in [0, 0.05) is 5.69 Å². The lowest BCUT2D eigenvalue weighted by atomic mass is 10.1. The third-order valence-corrected chi connectivity index (χ3v) is 3.84. The van der Waals surface area contributed by atoms with Crippen LogP contribution in [-0.4, -0.2) is 23.9 Å². The molecule has 0 spiro atoms. The van der Waals surface area contributed by atoms with Gasteiger partial charge in [-0.1, -0.05) is 60.7 Å². The molecule has 0 atom stereocenters. The lowest BCUT2D eigenvalue weighted by molar-refractivity contribution is -0.136. The van der Waals surface area contributed by atoms with E-state index in [2.05, 4.69) is 21.2 Å². The number of amides is 3. The maximum atomic E-state index is 12.5. The van der Waals surface area contributed by atoms with Crippen molar-refractivity contribution >= 4 is 35.3 Å². The van der Waals surface area contributed by atoms with E-state index in [0.717, 1.165) is 5.56 Å². The van der Waals surface area contributed by atoms with Gasteiger partial charge >= 0.3 is 11.8 Å². The Kier molecular flexibility index (Phi) is 6.46. The maximum Gasteiger partial charge on any atom is 0.329 e. The molecule has 0 saturated heterocycles. The predicted octanol–water partition coefficient (Wildman–Crippen LogP) is 3.03. The molecule has 7 nitrogen and oxygen atoms in total. The van der Waals surface area contributed by atoms with E-state index >= 15 is 0 Å². The number of para-hydroxylation sites is 2. The maximum absolute atomic E-state index is 12.5. The van der Waals surface area contributed by atoms with Gasteiger partial charge in [0.05, 0.1) is 17.5 Å². The molecule has 3 N–H and O–H groups in total. The zero-order valence-electron chi connectivity index (χ0n) is 15.3. The Balaban J connectivity index is 1.63. The summed E-state index contributed by atoms with van der Waals surface area (Å²) in [7, 11) is 0. The summed E-state index contributed by atoms with van der Waals surface area (Å²) in [4.78, 5) is 36.7. The molecule has 0 saturated carbocycles. The van der Waals surface area contributed by atoms with Gasteiger partial charge in [-0.2, -0.15) is 5.10 Å². The lowest BCUT2D eigenvalue weighted by Crippen LogP contribution is -2.33. The predicted molar refractivity (Wildman–Crippen MR) is 112 cm³/mol. The van der Waals surface area contributed by atoms with Gasteiger partial charge in [0.25, 0.3) is 5.91 Å². The van der Waals surface area contributed by atoms with Crippen LogP contribution in [-0.2, 0) is 9.59 Å². The summed E-state index contributed by atoms with van der Waals surface area (Å²) in [5.74, 6) is -2.29. The van der Waals surface area contributed by atoms with Crippen LogP contribution in [0, 0.1) is 0 Å². The van der Waals surface area contributed by atoms with Gasteiger partial charge in [0.2, 0.25) is 0 Å². The summed E-state index contributed by atoms with van der Waals surface area (Å²) >= 11 is 0. The Hall–Kier alpha value is -4.26. The van der Waals surface area contributed by atoms with E-state index < -0.39 is 17.7 Å². The molecule has 0 unspecified atom stereocenters. The fourth-order valence-electron chi connectivity index (χ4n) is 2.44. The number of carbonyl (C=O) groups is 3. The van der Waals surface area contributed by atoms with Crippen LogP contribution in [0.5, 0.6) is 0 Å². The van der Waals surface area contributed by atoms with Gasteiger partial charge in [0.1, 0.15) is 0 Å². The van der Waals surface area contributed by atoms with Gasteiger partial charge in [-0.25, -0.2) is 5.43 Å². The van der Waals surface area contributed by atoms with Crippen LogP contribution >= 0.6 is 0 Å². The second-order valence-corrected chi connectivity index (χ2v) is 5.93. The average Bonchev–Trinajstić information content (AvgIpc) is 2.75. The zero-order valence-corrected chi connectivity index (χ0v) is 15.3. The highest BCUT2D eigenvalue weighted by Gasteiger charge is 2.17. The summed E-state index contributed by atoms with van der Waals surface area (Å²) in [6.45, 7) is 0. The molecule has 0 aliphatic carbocycles. The summed E-state index contributed by atoms with van der Waals surface area (Å²) in [6.07, 6.45) is 1.42. The Morgan fingerprint density at radius 2 is 1.31 bits per heavy atom. The van der Waals surface area contributed by atoms with Crippen LogP contribution in [0.15, 0.2) is 90.0 Å². The molecule has 0 fully saturated rings. The third-order valence-electron chi connectivity index (χ3n) is 3.84. The molecule has 144 valence electrons. The number of hydrogen-bond acceptors (Lipinski definition) is 4. The van der Waals surface area contributed by atoms with E-state index in [1.54, 1.807) is 60.7 Å². The number of anilines is 2. The Bertz CT molecular complexity index is 1030. The number of nitrogens with one attached hydrogen (secondary N) is 3. The first-order valence-corrected chi connectivity index (χ1v) is 8.78. The Labute approximate surface area is 167 Å². The highest BCUT2D eigenvalue weighted by molar-refractivity contribution is 6.40. The first kappa shape index (κ1) is 19.5. The number of hydrogen-bond donors (Lipinski definition) is 3. The number of nitrogens with zero attached hydrogens (tertiary/aromatic N) is 1. The van der Waals surface area contributed by atoms with Gasteiger partial charge in [0.15, 0.2) is 0 Å². The van der Waals surface area contributed by atoms with Crippen molar-refractivity contribution in [2.45, 2.75) is 0 Å². The number of benzene rings is 3. The molecule has 0 heterocycles. The Morgan fingerprint density at radius 3 is 2.03 bits per heavy atom. The first-order chi connectivity index (χ1) is 14.1. The van der Waals surface area contributed by atoms with Crippen LogP contribution in [0.3, 0.4) is 0 Å². The van der Waals surface area contributed by atoms with Crippen molar-refractivity contribution in [3.63, 3.8) is 0 Å². The normalized spacial score (nSPS) is 10.3. The second-order valence-electron chi connectivity index (χ2n) is 5.93. The Morgan fingerprint density at radius 1 is 0.690 bits per heavy atom. The minimum atomic E-state index is -0.949. The minimum Gasteiger partial charge on any atom is -0.322 e. The molecule has 0 radical (unpaired) electrons. The van der Waals surface area contributed by atoms with Gasteiger partial charge < -0.3 is 10.6 Å². The fourth-order valence-corrected chi connectivity index (χ4v) is 2.44. The van der Waals surface area contributed by atoms with Crippen LogP contribution in [0.4, 0.5) is 11.4 Å². The van der Waals surface area contributed by atoms with Crippen LogP contribution in [0.25, 0.3) is 0 Å². The zero-order chi connectivity index (χ0) is 20.5.